The summed E-state index contributed by atoms with van der Waals surface area (Å²) in [4.78, 5) is 14.2. The molecular formula is C15H19FN2O2S. The van der Waals surface area contributed by atoms with Gasteiger partial charge in [-0.2, -0.15) is 0 Å². The largest absolute Gasteiger partial charge is 0.318 e. The van der Waals surface area contributed by atoms with Crippen LogP contribution in [0.3, 0.4) is 0 Å². The number of carbonyl (C=O) groups is 1. The third-order valence-electron chi connectivity index (χ3n) is 4.26. The van der Waals surface area contributed by atoms with E-state index in [1.54, 1.807) is 30.0 Å². The number of carbonyl (C=O) groups excluding carboxylic acids is 1. The standard InChI is InChI=1S/C15H19FN2O2S/c1-10-15(19)18(11-6-8-21(20)9-7-11)14(17-10)12-4-2-3-5-13(12)16/h2-5,10-11,14,17H,6-9H2,1H3. The van der Waals surface area contributed by atoms with Gasteiger partial charge in [-0.25, -0.2) is 4.39 Å². The molecule has 6 heteroatoms. The molecule has 0 spiro atoms. The molecule has 114 valence electrons. The molecule has 0 aromatic heterocycles. The van der Waals surface area contributed by atoms with Crippen LogP contribution in [-0.4, -0.2) is 38.6 Å². The number of halogens is 1. The zero-order chi connectivity index (χ0) is 15.0. The SMILES string of the molecule is CC1NC(c2ccccc2F)N(C2CCS(=O)CC2)C1=O. The van der Waals surface area contributed by atoms with Crippen molar-refractivity contribution < 1.29 is 13.4 Å². The van der Waals surface area contributed by atoms with E-state index in [-0.39, 0.29) is 23.8 Å². The zero-order valence-electron chi connectivity index (χ0n) is 11.9. The van der Waals surface area contributed by atoms with Gasteiger partial charge in [0.25, 0.3) is 0 Å². The average molecular weight is 310 g/mol. The molecule has 2 saturated heterocycles. The fraction of sp³-hybridized carbons (Fsp3) is 0.533. The Morgan fingerprint density at radius 3 is 2.62 bits per heavy atom. The molecule has 2 heterocycles. The maximum Gasteiger partial charge on any atom is 0.241 e. The maximum atomic E-state index is 14.1. The summed E-state index contributed by atoms with van der Waals surface area (Å²) in [5.41, 5.74) is 0.502. The summed E-state index contributed by atoms with van der Waals surface area (Å²) in [6, 6.07) is 6.28. The molecule has 1 aromatic carbocycles. The van der Waals surface area contributed by atoms with E-state index in [0.717, 1.165) is 12.8 Å². The molecule has 2 aliphatic heterocycles. The second kappa shape index (κ2) is 5.85. The summed E-state index contributed by atoms with van der Waals surface area (Å²) >= 11 is 0. The predicted molar refractivity (Wildman–Crippen MR) is 79.5 cm³/mol. The van der Waals surface area contributed by atoms with Crippen molar-refractivity contribution in [2.24, 2.45) is 0 Å². The number of nitrogens with one attached hydrogen (secondary N) is 1. The normalized spacial score (nSPS) is 33.4. The first-order valence-electron chi connectivity index (χ1n) is 7.25. The third kappa shape index (κ3) is 2.74. The number of amides is 1. The Labute approximate surface area is 126 Å². The van der Waals surface area contributed by atoms with Crippen molar-refractivity contribution in [3.8, 4) is 0 Å². The quantitative estimate of drug-likeness (QED) is 0.902. The first kappa shape index (κ1) is 14.7. The van der Waals surface area contributed by atoms with E-state index in [2.05, 4.69) is 5.32 Å². The predicted octanol–water partition coefficient (Wildman–Crippen LogP) is 1.56. The molecule has 0 saturated carbocycles. The van der Waals surface area contributed by atoms with Gasteiger partial charge in [0.15, 0.2) is 0 Å². The minimum absolute atomic E-state index is 0.000866. The Morgan fingerprint density at radius 2 is 1.95 bits per heavy atom. The molecule has 3 rings (SSSR count). The highest BCUT2D eigenvalue weighted by atomic mass is 32.2. The summed E-state index contributed by atoms with van der Waals surface area (Å²) in [5.74, 6) is 0.932. The zero-order valence-corrected chi connectivity index (χ0v) is 12.7. The van der Waals surface area contributed by atoms with Crippen molar-refractivity contribution in [1.82, 2.24) is 10.2 Å². The van der Waals surface area contributed by atoms with Gasteiger partial charge in [-0.1, -0.05) is 18.2 Å². The lowest BCUT2D eigenvalue weighted by atomic mass is 10.1. The molecule has 1 aromatic rings. The van der Waals surface area contributed by atoms with E-state index >= 15 is 0 Å². The minimum Gasteiger partial charge on any atom is -0.318 e. The van der Waals surface area contributed by atoms with E-state index in [1.165, 1.54) is 6.07 Å². The van der Waals surface area contributed by atoms with Crippen molar-refractivity contribution in [3.05, 3.63) is 35.6 Å². The molecule has 0 aliphatic carbocycles. The Balaban J connectivity index is 1.90. The summed E-state index contributed by atoms with van der Waals surface area (Å²) in [5, 5.41) is 3.18. The molecular weight excluding hydrogens is 291 g/mol. The summed E-state index contributed by atoms with van der Waals surface area (Å²) in [6.45, 7) is 1.80. The Morgan fingerprint density at radius 1 is 1.29 bits per heavy atom. The Kier molecular flexibility index (Phi) is 4.08. The van der Waals surface area contributed by atoms with E-state index in [0.29, 0.717) is 17.1 Å². The highest BCUT2D eigenvalue weighted by molar-refractivity contribution is 7.85. The molecule has 2 atom stereocenters. The number of hydrogen-bond donors (Lipinski definition) is 1. The minimum atomic E-state index is -0.774. The number of hydrogen-bond acceptors (Lipinski definition) is 3. The third-order valence-corrected chi connectivity index (χ3v) is 5.64. The molecule has 4 nitrogen and oxygen atoms in total. The van der Waals surface area contributed by atoms with E-state index in [9.17, 15) is 13.4 Å². The fourth-order valence-corrected chi connectivity index (χ4v) is 4.40. The van der Waals surface area contributed by atoms with Crippen LogP contribution in [0, 0.1) is 5.82 Å². The van der Waals surface area contributed by atoms with Gasteiger partial charge >= 0.3 is 0 Å². The lowest BCUT2D eigenvalue weighted by molar-refractivity contribution is -0.132. The number of nitrogens with zero attached hydrogens (tertiary/aromatic N) is 1. The number of benzene rings is 1. The molecule has 21 heavy (non-hydrogen) atoms. The molecule has 1 N–H and O–H groups in total. The fourth-order valence-electron chi connectivity index (χ4n) is 3.13. The van der Waals surface area contributed by atoms with E-state index < -0.39 is 17.0 Å². The van der Waals surface area contributed by atoms with Crippen LogP contribution < -0.4 is 5.32 Å². The molecule has 2 fully saturated rings. The van der Waals surface area contributed by atoms with Gasteiger partial charge in [-0.3, -0.25) is 14.3 Å². The molecule has 2 aliphatic rings. The molecule has 2 unspecified atom stereocenters. The van der Waals surface area contributed by atoms with Gasteiger partial charge in [0.2, 0.25) is 5.91 Å². The monoisotopic (exact) mass is 310 g/mol. The van der Waals surface area contributed by atoms with Crippen LogP contribution in [-0.2, 0) is 15.6 Å². The summed E-state index contributed by atoms with van der Waals surface area (Å²) < 4.78 is 25.6. The first-order valence-corrected chi connectivity index (χ1v) is 8.74. The summed E-state index contributed by atoms with van der Waals surface area (Å²) in [7, 11) is -0.774. The van der Waals surface area contributed by atoms with Crippen LogP contribution in [0.4, 0.5) is 4.39 Å². The average Bonchev–Trinajstić information content (AvgIpc) is 2.76. The van der Waals surface area contributed by atoms with Crippen LogP contribution in [0.15, 0.2) is 24.3 Å². The topological polar surface area (TPSA) is 49.4 Å². The Bertz CT molecular complexity index is 571. The highest BCUT2D eigenvalue weighted by Gasteiger charge is 2.42. The van der Waals surface area contributed by atoms with Crippen LogP contribution in [0.5, 0.6) is 0 Å². The van der Waals surface area contributed by atoms with E-state index in [4.69, 9.17) is 0 Å². The van der Waals surface area contributed by atoms with Crippen molar-refractivity contribution in [2.45, 2.75) is 38.0 Å². The lowest BCUT2D eigenvalue weighted by Crippen LogP contribution is -2.43. The second-order valence-electron chi connectivity index (χ2n) is 5.64. The van der Waals surface area contributed by atoms with Gasteiger partial charge in [-0.15, -0.1) is 0 Å². The van der Waals surface area contributed by atoms with Crippen LogP contribution in [0.2, 0.25) is 0 Å². The number of rotatable bonds is 2. The van der Waals surface area contributed by atoms with Crippen LogP contribution in [0.25, 0.3) is 0 Å². The second-order valence-corrected chi connectivity index (χ2v) is 7.33. The van der Waals surface area contributed by atoms with Gasteiger partial charge in [-0.05, 0) is 25.8 Å². The van der Waals surface area contributed by atoms with Crippen molar-refractivity contribution in [2.75, 3.05) is 11.5 Å². The first-order chi connectivity index (χ1) is 10.1. The molecule has 0 radical (unpaired) electrons. The van der Waals surface area contributed by atoms with Gasteiger partial charge in [0, 0.05) is 33.9 Å². The Hall–Kier alpha value is -1.27. The smallest absolute Gasteiger partial charge is 0.241 e. The van der Waals surface area contributed by atoms with Crippen LogP contribution >= 0.6 is 0 Å². The molecule has 1 amide bonds. The van der Waals surface area contributed by atoms with Gasteiger partial charge < -0.3 is 4.90 Å². The van der Waals surface area contributed by atoms with Gasteiger partial charge in [0.05, 0.1) is 6.04 Å². The highest BCUT2D eigenvalue weighted by Crippen LogP contribution is 2.32. The van der Waals surface area contributed by atoms with E-state index in [1.807, 2.05) is 0 Å². The lowest BCUT2D eigenvalue weighted by Gasteiger charge is -2.35. The van der Waals surface area contributed by atoms with Crippen LogP contribution in [0.1, 0.15) is 31.5 Å². The summed E-state index contributed by atoms with van der Waals surface area (Å²) in [6.07, 6.45) is 1.01. The van der Waals surface area contributed by atoms with Crippen molar-refractivity contribution in [1.29, 1.82) is 0 Å². The maximum absolute atomic E-state index is 14.1. The molecule has 0 bridgehead atoms. The van der Waals surface area contributed by atoms with Crippen molar-refractivity contribution >= 4 is 16.7 Å². The van der Waals surface area contributed by atoms with Gasteiger partial charge in [0.1, 0.15) is 12.0 Å². The van der Waals surface area contributed by atoms with Crippen molar-refractivity contribution in [3.63, 3.8) is 0 Å².